The fraction of sp³-hybridized carbons (Fsp3) is 0.417. The lowest BCUT2D eigenvalue weighted by atomic mass is 9.91. The smallest absolute Gasteiger partial charge is 0.167 e. The van der Waals surface area contributed by atoms with Gasteiger partial charge in [0.25, 0.3) is 0 Å². The first kappa shape index (κ1) is 12.0. The normalized spacial score (nSPS) is 17.4. The highest BCUT2D eigenvalue weighted by atomic mass is 127. The summed E-state index contributed by atoms with van der Waals surface area (Å²) in [6.45, 7) is 1.29. The van der Waals surface area contributed by atoms with Gasteiger partial charge in [0, 0.05) is 28.3 Å². The van der Waals surface area contributed by atoms with Crippen molar-refractivity contribution in [3.05, 3.63) is 33.1 Å². The minimum absolute atomic E-state index is 0.0349. The van der Waals surface area contributed by atoms with Gasteiger partial charge in [-0.05, 0) is 53.6 Å². The topological polar surface area (TPSA) is 26.3 Å². The van der Waals surface area contributed by atoms with Gasteiger partial charge in [-0.15, -0.1) is 0 Å². The van der Waals surface area contributed by atoms with Gasteiger partial charge in [0.15, 0.2) is 5.78 Å². The number of Topliss-reactive ketones (excluding diaryl/α,β-unsaturated/α-hetero) is 1. The van der Waals surface area contributed by atoms with E-state index in [4.69, 9.17) is 4.74 Å². The summed E-state index contributed by atoms with van der Waals surface area (Å²) in [6.07, 6.45) is 1.54. The predicted octanol–water partition coefficient (Wildman–Crippen LogP) is 3.04. The molecule has 0 radical (unpaired) electrons. The number of hydrogen-bond donors (Lipinski definition) is 0. The van der Waals surface area contributed by atoms with Crippen LogP contribution in [0, 0.1) is 15.3 Å². The molecule has 1 aliphatic rings. The van der Waals surface area contributed by atoms with Gasteiger partial charge in [-0.1, -0.05) is 0 Å². The van der Waals surface area contributed by atoms with Crippen LogP contribution in [-0.4, -0.2) is 19.0 Å². The molecule has 0 saturated carbocycles. The summed E-state index contributed by atoms with van der Waals surface area (Å²) < 4.78 is 18.8. The largest absolute Gasteiger partial charge is 0.381 e. The van der Waals surface area contributed by atoms with Gasteiger partial charge >= 0.3 is 0 Å². The quantitative estimate of drug-likeness (QED) is 0.614. The molecule has 0 N–H and O–H groups in total. The molecule has 0 atom stereocenters. The highest BCUT2D eigenvalue weighted by molar-refractivity contribution is 14.1. The molecule has 4 heteroatoms. The van der Waals surface area contributed by atoms with Crippen LogP contribution in [0.15, 0.2) is 18.2 Å². The Balaban J connectivity index is 2.19. The third-order valence-electron chi connectivity index (χ3n) is 2.79. The Hall–Kier alpha value is -0.490. The SMILES string of the molecule is O=C(c1ccc(F)cc1I)C1CCOCC1. The van der Waals surface area contributed by atoms with Crippen LogP contribution in [0.5, 0.6) is 0 Å². The second kappa shape index (κ2) is 5.23. The van der Waals surface area contributed by atoms with E-state index in [9.17, 15) is 9.18 Å². The van der Waals surface area contributed by atoms with Gasteiger partial charge in [0.05, 0.1) is 0 Å². The molecule has 0 aliphatic carbocycles. The Bertz CT molecular complexity index is 400. The van der Waals surface area contributed by atoms with Crippen LogP contribution < -0.4 is 0 Å². The summed E-state index contributed by atoms with van der Waals surface area (Å²) >= 11 is 2.01. The molecule has 0 unspecified atom stereocenters. The fourth-order valence-electron chi connectivity index (χ4n) is 1.87. The van der Waals surface area contributed by atoms with Gasteiger partial charge in [0.2, 0.25) is 0 Å². The van der Waals surface area contributed by atoms with Crippen LogP contribution >= 0.6 is 22.6 Å². The summed E-state index contributed by atoms with van der Waals surface area (Å²) in [5.74, 6) is -0.145. The van der Waals surface area contributed by atoms with E-state index in [1.54, 1.807) is 6.07 Å². The number of carbonyl (C=O) groups excluding carboxylic acids is 1. The molecule has 1 saturated heterocycles. The first-order valence-electron chi connectivity index (χ1n) is 5.25. The zero-order valence-electron chi connectivity index (χ0n) is 8.71. The van der Waals surface area contributed by atoms with Gasteiger partial charge in [-0.2, -0.15) is 0 Å². The van der Waals surface area contributed by atoms with Gasteiger partial charge in [-0.3, -0.25) is 4.79 Å². The Morgan fingerprint density at radius 1 is 1.38 bits per heavy atom. The highest BCUT2D eigenvalue weighted by Crippen LogP contribution is 2.23. The van der Waals surface area contributed by atoms with E-state index in [-0.39, 0.29) is 17.5 Å². The molecule has 1 fully saturated rings. The number of ether oxygens (including phenoxy) is 1. The molecular weight excluding hydrogens is 322 g/mol. The molecule has 0 aromatic heterocycles. The van der Waals surface area contributed by atoms with Crippen LogP contribution in [0.1, 0.15) is 23.2 Å². The molecule has 0 amide bonds. The van der Waals surface area contributed by atoms with E-state index in [2.05, 4.69) is 0 Å². The van der Waals surface area contributed by atoms with Crippen LogP contribution in [0.25, 0.3) is 0 Å². The Kier molecular flexibility index (Phi) is 3.91. The van der Waals surface area contributed by atoms with Crippen molar-refractivity contribution in [1.82, 2.24) is 0 Å². The van der Waals surface area contributed by atoms with Gasteiger partial charge < -0.3 is 4.74 Å². The Morgan fingerprint density at radius 2 is 2.06 bits per heavy atom. The maximum absolute atomic E-state index is 12.9. The molecule has 2 rings (SSSR count). The maximum atomic E-state index is 12.9. The number of hydrogen-bond acceptors (Lipinski definition) is 2. The molecular formula is C12H12FIO2. The first-order chi connectivity index (χ1) is 7.68. The van der Waals surface area contributed by atoms with E-state index in [1.165, 1.54) is 12.1 Å². The highest BCUT2D eigenvalue weighted by Gasteiger charge is 2.24. The van der Waals surface area contributed by atoms with Crippen LogP contribution in [0.4, 0.5) is 4.39 Å². The molecule has 0 spiro atoms. The lowest BCUT2D eigenvalue weighted by Gasteiger charge is -2.21. The van der Waals surface area contributed by atoms with Crippen molar-refractivity contribution < 1.29 is 13.9 Å². The van der Waals surface area contributed by atoms with E-state index >= 15 is 0 Å². The van der Waals surface area contributed by atoms with Crippen molar-refractivity contribution >= 4 is 28.4 Å². The maximum Gasteiger partial charge on any atom is 0.167 e. The summed E-state index contributed by atoms with van der Waals surface area (Å²) in [6, 6.07) is 4.32. The number of rotatable bonds is 2. The summed E-state index contributed by atoms with van der Waals surface area (Å²) in [7, 11) is 0. The third kappa shape index (κ3) is 2.60. The summed E-state index contributed by atoms with van der Waals surface area (Å²) in [5.41, 5.74) is 0.633. The number of ketones is 1. The molecule has 1 aromatic rings. The van der Waals surface area contributed by atoms with Crippen molar-refractivity contribution in [2.24, 2.45) is 5.92 Å². The van der Waals surface area contributed by atoms with Crippen LogP contribution in [0.2, 0.25) is 0 Å². The summed E-state index contributed by atoms with van der Waals surface area (Å²) in [5, 5.41) is 0. The molecule has 1 heterocycles. The second-order valence-corrected chi connectivity index (χ2v) is 5.04. The monoisotopic (exact) mass is 334 g/mol. The minimum Gasteiger partial charge on any atom is -0.381 e. The van der Waals surface area contributed by atoms with E-state index in [0.29, 0.717) is 22.3 Å². The van der Waals surface area contributed by atoms with Crippen molar-refractivity contribution in [2.75, 3.05) is 13.2 Å². The fourth-order valence-corrected chi connectivity index (χ4v) is 2.61. The second-order valence-electron chi connectivity index (χ2n) is 3.88. The van der Waals surface area contributed by atoms with Gasteiger partial charge in [0.1, 0.15) is 5.82 Å². The zero-order valence-corrected chi connectivity index (χ0v) is 10.9. The van der Waals surface area contributed by atoms with Gasteiger partial charge in [-0.25, -0.2) is 4.39 Å². The Labute approximate surface area is 107 Å². The van der Waals surface area contributed by atoms with E-state index in [0.717, 1.165) is 12.8 Å². The number of carbonyl (C=O) groups is 1. The zero-order chi connectivity index (χ0) is 11.5. The van der Waals surface area contributed by atoms with E-state index in [1.807, 2.05) is 22.6 Å². The molecule has 1 aromatic carbocycles. The number of benzene rings is 1. The van der Waals surface area contributed by atoms with E-state index < -0.39 is 0 Å². The van der Waals surface area contributed by atoms with Crippen molar-refractivity contribution in [1.29, 1.82) is 0 Å². The Morgan fingerprint density at radius 3 is 2.69 bits per heavy atom. The minimum atomic E-state index is -0.298. The third-order valence-corrected chi connectivity index (χ3v) is 3.68. The number of halogens is 2. The first-order valence-corrected chi connectivity index (χ1v) is 6.33. The predicted molar refractivity (Wildman–Crippen MR) is 67.0 cm³/mol. The van der Waals surface area contributed by atoms with Crippen LogP contribution in [-0.2, 0) is 4.74 Å². The lowest BCUT2D eigenvalue weighted by Crippen LogP contribution is -2.24. The molecule has 1 aliphatic heterocycles. The van der Waals surface area contributed by atoms with Crippen LogP contribution in [0.3, 0.4) is 0 Å². The molecule has 16 heavy (non-hydrogen) atoms. The van der Waals surface area contributed by atoms with Crippen molar-refractivity contribution in [3.8, 4) is 0 Å². The molecule has 86 valence electrons. The standard InChI is InChI=1S/C12H12FIO2/c13-9-1-2-10(11(14)7-9)12(15)8-3-5-16-6-4-8/h1-2,7-8H,3-6H2. The van der Waals surface area contributed by atoms with Crippen molar-refractivity contribution in [3.63, 3.8) is 0 Å². The average molecular weight is 334 g/mol. The molecule has 2 nitrogen and oxygen atoms in total. The molecule has 0 bridgehead atoms. The lowest BCUT2D eigenvalue weighted by molar-refractivity contribution is 0.0544. The summed E-state index contributed by atoms with van der Waals surface area (Å²) in [4.78, 5) is 12.1. The van der Waals surface area contributed by atoms with Crippen molar-refractivity contribution in [2.45, 2.75) is 12.8 Å². The average Bonchev–Trinajstić information content (AvgIpc) is 2.29.